The van der Waals surface area contributed by atoms with Gasteiger partial charge in [0.25, 0.3) is 0 Å². The highest BCUT2D eigenvalue weighted by atomic mass is 35.5. The summed E-state index contributed by atoms with van der Waals surface area (Å²) in [6.07, 6.45) is -1.36. The van der Waals surface area contributed by atoms with Crippen LogP contribution in [0.4, 0.5) is 5.69 Å². The van der Waals surface area contributed by atoms with E-state index in [1.165, 1.54) is 0 Å². The molecule has 0 aliphatic heterocycles. The average Bonchev–Trinajstić information content (AvgIpc) is 2.50. The monoisotopic (exact) mass is 387 g/mol. The molecule has 150 valence electrons. The van der Waals surface area contributed by atoms with Crippen LogP contribution in [0.1, 0.15) is 41.5 Å². The number of aliphatic hydroxyl groups excluding tert-OH is 2. The summed E-state index contributed by atoms with van der Waals surface area (Å²) in [7, 11) is 0. The van der Waals surface area contributed by atoms with Crippen LogP contribution in [0.2, 0.25) is 5.02 Å². The minimum atomic E-state index is -0.680. The predicted octanol–water partition coefficient (Wildman–Crippen LogP) is 3.50. The number of hydrogen-bond acceptors (Lipinski definition) is 5. The van der Waals surface area contributed by atoms with Gasteiger partial charge in [-0.2, -0.15) is 0 Å². The lowest BCUT2D eigenvalue weighted by atomic mass is 10.2. The van der Waals surface area contributed by atoms with E-state index >= 15 is 0 Å². The van der Waals surface area contributed by atoms with Crippen LogP contribution in [0.3, 0.4) is 0 Å². The first-order valence-corrected chi connectivity index (χ1v) is 9.38. The first-order chi connectivity index (χ1) is 11.9. The van der Waals surface area contributed by atoms with Gasteiger partial charge in [-0.15, -0.1) is 0 Å². The SMILES string of the molecule is CC(C)(C)OC[C@@H](O)CN(C[C@@H](O)COC(C)(C)C)c1ccc(Cl)cc1. The minimum absolute atomic E-state index is 0.224. The van der Waals surface area contributed by atoms with E-state index in [2.05, 4.69) is 0 Å². The van der Waals surface area contributed by atoms with E-state index < -0.39 is 12.2 Å². The fourth-order valence-electron chi connectivity index (χ4n) is 2.24. The van der Waals surface area contributed by atoms with Gasteiger partial charge in [0.05, 0.1) is 36.6 Å². The molecule has 1 aromatic carbocycles. The van der Waals surface area contributed by atoms with Crippen molar-refractivity contribution in [3.63, 3.8) is 0 Å². The van der Waals surface area contributed by atoms with Gasteiger partial charge in [-0.3, -0.25) is 0 Å². The van der Waals surface area contributed by atoms with Gasteiger partial charge in [-0.05, 0) is 65.8 Å². The Bertz CT molecular complexity index is 496. The number of benzene rings is 1. The molecule has 0 aliphatic rings. The van der Waals surface area contributed by atoms with Crippen LogP contribution in [-0.2, 0) is 9.47 Å². The standard InChI is InChI=1S/C20H34ClNO4/c1-19(2,3)25-13-17(23)11-22(16-9-7-15(21)8-10-16)12-18(24)14-26-20(4,5)6/h7-10,17-18,23-24H,11-14H2,1-6H3/t17-,18+. The Morgan fingerprint density at radius 1 is 0.846 bits per heavy atom. The second-order valence-electron chi connectivity index (χ2n) is 8.54. The van der Waals surface area contributed by atoms with Crippen molar-refractivity contribution in [3.8, 4) is 0 Å². The van der Waals surface area contributed by atoms with E-state index in [1.54, 1.807) is 12.1 Å². The Morgan fingerprint density at radius 3 is 1.58 bits per heavy atom. The van der Waals surface area contributed by atoms with E-state index in [4.69, 9.17) is 21.1 Å². The summed E-state index contributed by atoms with van der Waals surface area (Å²) >= 11 is 5.97. The summed E-state index contributed by atoms with van der Waals surface area (Å²) in [6.45, 7) is 12.8. The number of hydrogen-bond donors (Lipinski definition) is 2. The van der Waals surface area contributed by atoms with Crippen molar-refractivity contribution < 1.29 is 19.7 Å². The van der Waals surface area contributed by atoms with E-state index in [1.807, 2.05) is 58.6 Å². The maximum Gasteiger partial charge on any atom is 0.0948 e. The highest BCUT2D eigenvalue weighted by Crippen LogP contribution is 2.19. The number of ether oxygens (including phenoxy) is 2. The zero-order valence-electron chi connectivity index (χ0n) is 16.8. The summed E-state index contributed by atoms with van der Waals surface area (Å²) in [4.78, 5) is 1.92. The zero-order chi connectivity index (χ0) is 20.0. The van der Waals surface area contributed by atoms with Gasteiger partial charge in [0.1, 0.15) is 0 Å². The van der Waals surface area contributed by atoms with E-state index in [-0.39, 0.29) is 24.4 Å². The molecule has 0 unspecified atom stereocenters. The number of halogens is 1. The normalized spacial score (nSPS) is 15.0. The first kappa shape index (κ1) is 23.2. The zero-order valence-corrected chi connectivity index (χ0v) is 17.6. The van der Waals surface area contributed by atoms with Crippen molar-refractivity contribution in [1.29, 1.82) is 0 Å². The van der Waals surface area contributed by atoms with E-state index in [0.29, 0.717) is 18.1 Å². The maximum absolute atomic E-state index is 10.4. The average molecular weight is 388 g/mol. The predicted molar refractivity (Wildman–Crippen MR) is 107 cm³/mol. The van der Waals surface area contributed by atoms with Gasteiger partial charge in [0, 0.05) is 23.8 Å². The number of anilines is 1. The molecule has 0 heterocycles. The topological polar surface area (TPSA) is 62.2 Å². The molecular weight excluding hydrogens is 354 g/mol. The first-order valence-electron chi connectivity index (χ1n) is 9.00. The number of nitrogens with zero attached hydrogens (tertiary/aromatic N) is 1. The fourth-order valence-corrected chi connectivity index (χ4v) is 2.37. The van der Waals surface area contributed by atoms with Crippen LogP contribution in [0.15, 0.2) is 24.3 Å². The van der Waals surface area contributed by atoms with Crippen molar-refractivity contribution in [2.24, 2.45) is 0 Å². The Kier molecular flexibility index (Phi) is 8.83. The third-order valence-electron chi connectivity index (χ3n) is 3.47. The van der Waals surface area contributed by atoms with Crippen molar-refractivity contribution in [3.05, 3.63) is 29.3 Å². The molecule has 0 fully saturated rings. The number of rotatable bonds is 9. The molecule has 0 aromatic heterocycles. The Morgan fingerprint density at radius 2 is 1.23 bits per heavy atom. The van der Waals surface area contributed by atoms with Crippen molar-refractivity contribution in [1.82, 2.24) is 0 Å². The largest absolute Gasteiger partial charge is 0.389 e. The molecule has 0 aliphatic carbocycles. The summed E-state index contributed by atoms with van der Waals surface area (Å²) in [5, 5.41) is 21.4. The quantitative estimate of drug-likeness (QED) is 0.679. The van der Waals surface area contributed by atoms with Crippen LogP contribution < -0.4 is 4.90 Å². The van der Waals surface area contributed by atoms with Crippen LogP contribution in [0, 0.1) is 0 Å². The van der Waals surface area contributed by atoms with Crippen molar-refractivity contribution in [2.45, 2.75) is 65.0 Å². The van der Waals surface area contributed by atoms with Gasteiger partial charge in [0.15, 0.2) is 0 Å². The van der Waals surface area contributed by atoms with Crippen molar-refractivity contribution >= 4 is 17.3 Å². The fraction of sp³-hybridized carbons (Fsp3) is 0.700. The highest BCUT2D eigenvalue weighted by Gasteiger charge is 2.20. The van der Waals surface area contributed by atoms with E-state index in [0.717, 1.165) is 5.69 Å². The van der Waals surface area contributed by atoms with Gasteiger partial charge in [-0.1, -0.05) is 11.6 Å². The molecule has 5 nitrogen and oxygen atoms in total. The molecule has 2 atom stereocenters. The van der Waals surface area contributed by atoms with Crippen LogP contribution in [0.25, 0.3) is 0 Å². The summed E-state index contributed by atoms with van der Waals surface area (Å²) in [5.74, 6) is 0. The highest BCUT2D eigenvalue weighted by molar-refractivity contribution is 6.30. The molecule has 0 amide bonds. The third-order valence-corrected chi connectivity index (χ3v) is 3.72. The van der Waals surface area contributed by atoms with Gasteiger partial charge in [-0.25, -0.2) is 0 Å². The van der Waals surface area contributed by atoms with Crippen LogP contribution in [-0.4, -0.2) is 59.9 Å². The van der Waals surface area contributed by atoms with Gasteiger partial charge < -0.3 is 24.6 Å². The summed E-state index contributed by atoms with van der Waals surface area (Å²) in [6, 6.07) is 7.33. The molecule has 6 heteroatoms. The smallest absolute Gasteiger partial charge is 0.0948 e. The molecule has 1 aromatic rings. The molecule has 0 spiro atoms. The molecule has 1 rings (SSSR count). The molecule has 0 bridgehead atoms. The molecule has 0 saturated carbocycles. The minimum Gasteiger partial charge on any atom is -0.389 e. The molecular formula is C20H34ClNO4. The van der Waals surface area contributed by atoms with Gasteiger partial charge in [0.2, 0.25) is 0 Å². The van der Waals surface area contributed by atoms with E-state index in [9.17, 15) is 10.2 Å². The lowest BCUT2D eigenvalue weighted by Gasteiger charge is -2.31. The number of aliphatic hydroxyl groups is 2. The van der Waals surface area contributed by atoms with Gasteiger partial charge >= 0.3 is 0 Å². The Balaban J connectivity index is 2.74. The summed E-state index contributed by atoms with van der Waals surface area (Å²) in [5.41, 5.74) is 0.247. The second-order valence-corrected chi connectivity index (χ2v) is 8.97. The maximum atomic E-state index is 10.4. The summed E-state index contributed by atoms with van der Waals surface area (Å²) < 4.78 is 11.3. The lowest BCUT2D eigenvalue weighted by molar-refractivity contribution is -0.0515. The molecule has 0 radical (unpaired) electrons. The molecule has 2 N–H and O–H groups in total. The van der Waals surface area contributed by atoms with Crippen LogP contribution >= 0.6 is 11.6 Å². The third kappa shape index (κ3) is 10.3. The van der Waals surface area contributed by atoms with Crippen LogP contribution in [0.5, 0.6) is 0 Å². The Hall–Kier alpha value is -0.850. The second kappa shape index (κ2) is 9.90. The van der Waals surface area contributed by atoms with Crippen molar-refractivity contribution in [2.75, 3.05) is 31.2 Å². The lowest BCUT2D eigenvalue weighted by Crippen LogP contribution is -2.42. The molecule has 26 heavy (non-hydrogen) atoms. The molecule has 0 saturated heterocycles. The Labute approximate surface area is 162 Å².